The van der Waals surface area contributed by atoms with Crippen molar-refractivity contribution in [3.05, 3.63) is 94.6 Å². The van der Waals surface area contributed by atoms with E-state index in [2.05, 4.69) is 136 Å². The van der Waals surface area contributed by atoms with E-state index in [1.807, 2.05) is 0 Å². The molecule has 0 amide bonds. The van der Waals surface area contributed by atoms with Gasteiger partial charge in [0, 0.05) is 27.6 Å². The number of H-pyrrole nitrogens is 2. The molecule has 0 atom stereocenters. The Kier molecular flexibility index (Phi) is 5.53. The van der Waals surface area contributed by atoms with E-state index in [9.17, 15) is 0 Å². The zero-order valence-electron chi connectivity index (χ0n) is 23.0. The highest BCUT2D eigenvalue weighted by molar-refractivity contribution is 5.89. The van der Waals surface area contributed by atoms with E-state index in [0.717, 1.165) is 56.0 Å². The highest BCUT2D eigenvalue weighted by Crippen LogP contribution is 2.37. The van der Waals surface area contributed by atoms with Gasteiger partial charge < -0.3 is 9.97 Å². The number of hydrogen-bond donors (Lipinski definition) is 2. The van der Waals surface area contributed by atoms with Crippen molar-refractivity contribution in [3.8, 4) is 11.1 Å². The van der Waals surface area contributed by atoms with Crippen LogP contribution in [0.4, 0.5) is 0 Å². The molecule has 190 valence electrons. The fraction of sp³-hybridized carbons (Fsp3) is 0.235. The Bertz CT molecular complexity index is 1660. The quantitative estimate of drug-likeness (QED) is 0.238. The van der Waals surface area contributed by atoms with Gasteiger partial charge in [-0.3, -0.25) is 0 Å². The Hall–Kier alpha value is -4.18. The minimum Gasteiger partial charge on any atom is -0.355 e. The second kappa shape index (κ2) is 8.70. The third-order valence-corrected chi connectivity index (χ3v) is 7.17. The number of benzene rings is 1. The first-order valence-corrected chi connectivity index (χ1v) is 13.3. The molecular formula is C34H34N4. The van der Waals surface area contributed by atoms with Crippen molar-refractivity contribution in [1.29, 1.82) is 0 Å². The lowest BCUT2D eigenvalue weighted by molar-refractivity contribution is 0.569. The third kappa shape index (κ3) is 4.74. The molecule has 4 heteroatoms. The molecule has 0 saturated heterocycles. The number of hydrogen-bond acceptors (Lipinski definition) is 2. The maximum atomic E-state index is 5.08. The molecule has 0 spiro atoms. The van der Waals surface area contributed by atoms with E-state index < -0.39 is 0 Å². The van der Waals surface area contributed by atoms with E-state index in [1.165, 1.54) is 11.1 Å². The molecular weight excluding hydrogens is 464 g/mol. The molecule has 4 nitrogen and oxygen atoms in total. The molecule has 0 radical (unpaired) electrons. The second-order valence-electron chi connectivity index (χ2n) is 12.4. The molecule has 4 aromatic rings. The van der Waals surface area contributed by atoms with Gasteiger partial charge in [0.15, 0.2) is 0 Å². The smallest absolute Gasteiger partial charge is 0.0737 e. The molecule has 5 heterocycles. The Morgan fingerprint density at radius 2 is 0.921 bits per heavy atom. The summed E-state index contributed by atoms with van der Waals surface area (Å²) in [5.41, 5.74) is 12.7. The van der Waals surface area contributed by atoms with Gasteiger partial charge in [0.1, 0.15) is 0 Å². The topological polar surface area (TPSA) is 57.4 Å². The minimum absolute atomic E-state index is 0.0132. The summed E-state index contributed by atoms with van der Waals surface area (Å²) in [6, 6.07) is 21.7. The van der Waals surface area contributed by atoms with Crippen LogP contribution in [0.3, 0.4) is 0 Å². The van der Waals surface area contributed by atoms with Crippen molar-refractivity contribution >= 4 is 46.4 Å². The van der Waals surface area contributed by atoms with Gasteiger partial charge in [-0.25, -0.2) is 9.97 Å². The average molecular weight is 499 g/mol. The molecule has 0 fully saturated rings. The van der Waals surface area contributed by atoms with E-state index in [0.29, 0.717) is 0 Å². The maximum absolute atomic E-state index is 5.08. The molecule has 1 aromatic carbocycles. The van der Waals surface area contributed by atoms with E-state index in [-0.39, 0.29) is 10.8 Å². The summed E-state index contributed by atoms with van der Waals surface area (Å²) in [6.45, 7) is 13.6. The van der Waals surface area contributed by atoms with Crippen molar-refractivity contribution in [2.75, 3.05) is 0 Å². The Balaban J connectivity index is 1.71. The highest BCUT2D eigenvalue weighted by atomic mass is 14.8. The first-order chi connectivity index (χ1) is 18.0. The lowest BCUT2D eigenvalue weighted by atomic mass is 9.78. The summed E-state index contributed by atoms with van der Waals surface area (Å²) < 4.78 is 0. The van der Waals surface area contributed by atoms with Crippen LogP contribution in [0.15, 0.2) is 60.7 Å². The zero-order chi connectivity index (χ0) is 26.7. The Morgan fingerprint density at radius 3 is 1.34 bits per heavy atom. The summed E-state index contributed by atoms with van der Waals surface area (Å²) in [6.07, 6.45) is 8.40. The summed E-state index contributed by atoms with van der Waals surface area (Å²) in [4.78, 5) is 17.1. The van der Waals surface area contributed by atoms with Crippen LogP contribution in [0.5, 0.6) is 0 Å². The van der Waals surface area contributed by atoms with Gasteiger partial charge in [-0.05, 0) is 94.3 Å². The van der Waals surface area contributed by atoms with E-state index >= 15 is 0 Å². The summed E-state index contributed by atoms with van der Waals surface area (Å²) in [5, 5.41) is 0. The van der Waals surface area contributed by atoms with Crippen molar-refractivity contribution in [1.82, 2.24) is 19.9 Å². The molecule has 8 bridgehead atoms. The summed E-state index contributed by atoms with van der Waals surface area (Å²) in [7, 11) is 0. The molecule has 2 N–H and O–H groups in total. The third-order valence-electron chi connectivity index (χ3n) is 7.17. The number of nitrogens with zero attached hydrogens (tertiary/aromatic N) is 2. The van der Waals surface area contributed by atoms with Crippen molar-refractivity contribution < 1.29 is 0 Å². The van der Waals surface area contributed by atoms with Crippen LogP contribution in [0.25, 0.3) is 57.5 Å². The first kappa shape index (κ1) is 24.2. The predicted octanol–water partition coefficient (Wildman–Crippen LogP) is 8.92. The van der Waals surface area contributed by atoms with Gasteiger partial charge >= 0.3 is 0 Å². The fourth-order valence-corrected chi connectivity index (χ4v) is 4.94. The van der Waals surface area contributed by atoms with Crippen LogP contribution in [0.1, 0.15) is 75.4 Å². The number of rotatable bonds is 1. The van der Waals surface area contributed by atoms with Gasteiger partial charge in [0.2, 0.25) is 0 Å². The van der Waals surface area contributed by atoms with Gasteiger partial charge in [0.05, 0.1) is 22.8 Å². The van der Waals surface area contributed by atoms with Crippen molar-refractivity contribution in [2.24, 2.45) is 0 Å². The van der Waals surface area contributed by atoms with E-state index in [4.69, 9.17) is 9.97 Å². The number of aromatic nitrogens is 4. The van der Waals surface area contributed by atoms with Crippen LogP contribution in [-0.4, -0.2) is 19.9 Å². The van der Waals surface area contributed by atoms with Gasteiger partial charge in [-0.15, -0.1) is 0 Å². The van der Waals surface area contributed by atoms with Gasteiger partial charge in [-0.1, -0.05) is 59.7 Å². The molecule has 0 aliphatic carbocycles. The minimum atomic E-state index is 0.0132. The zero-order valence-corrected chi connectivity index (χ0v) is 23.0. The van der Waals surface area contributed by atoms with Crippen LogP contribution in [0, 0.1) is 0 Å². The SMILES string of the molecule is CC(C)(C)c1cc(-c2c3nc(cc4ccc(cc5ccc(cc6nc2C=C6)[nH]5)[nH]4)C=C3)cc(C(C)(C)C)c1. The fourth-order valence-electron chi connectivity index (χ4n) is 4.94. The molecule has 6 rings (SSSR count). The first-order valence-electron chi connectivity index (χ1n) is 13.3. The van der Waals surface area contributed by atoms with Crippen LogP contribution in [-0.2, 0) is 10.8 Å². The van der Waals surface area contributed by atoms with Crippen molar-refractivity contribution in [3.63, 3.8) is 0 Å². The second-order valence-corrected chi connectivity index (χ2v) is 12.4. The molecule has 2 aliphatic heterocycles. The van der Waals surface area contributed by atoms with Crippen LogP contribution < -0.4 is 0 Å². The lowest BCUT2D eigenvalue weighted by Crippen LogP contribution is -2.16. The highest BCUT2D eigenvalue weighted by Gasteiger charge is 2.23. The van der Waals surface area contributed by atoms with Crippen LogP contribution in [0.2, 0.25) is 0 Å². The number of fused-ring (bicyclic) bond motifs is 8. The molecule has 0 unspecified atom stereocenters. The molecule has 3 aromatic heterocycles. The molecule has 2 aliphatic rings. The monoisotopic (exact) mass is 498 g/mol. The normalized spacial score (nSPS) is 13.3. The molecule has 0 saturated carbocycles. The van der Waals surface area contributed by atoms with Gasteiger partial charge in [-0.2, -0.15) is 0 Å². The van der Waals surface area contributed by atoms with E-state index in [1.54, 1.807) is 0 Å². The number of nitrogens with one attached hydrogen (secondary N) is 2. The Labute approximate surface area is 224 Å². The lowest BCUT2D eigenvalue weighted by Gasteiger charge is -2.26. The maximum Gasteiger partial charge on any atom is 0.0737 e. The average Bonchev–Trinajstić information content (AvgIpc) is 3.64. The van der Waals surface area contributed by atoms with Crippen LogP contribution >= 0.6 is 0 Å². The Morgan fingerprint density at radius 1 is 0.500 bits per heavy atom. The summed E-state index contributed by atoms with van der Waals surface area (Å²) >= 11 is 0. The summed E-state index contributed by atoms with van der Waals surface area (Å²) in [5.74, 6) is 0. The predicted molar refractivity (Wildman–Crippen MR) is 162 cm³/mol. The number of aromatic amines is 2. The standard InChI is InChI=1S/C34H34N4/c1-33(2,3)22-15-21(16-23(17-22)34(4,5)6)32-30-13-11-28(37-30)19-26-9-7-24(35-26)18-25-8-10-27(36-25)20-29-12-14-31(32)38-29/h7-20,35-36H,1-6H3. The van der Waals surface area contributed by atoms with Crippen molar-refractivity contribution in [2.45, 2.75) is 52.4 Å². The molecule has 38 heavy (non-hydrogen) atoms. The largest absolute Gasteiger partial charge is 0.355 e. The van der Waals surface area contributed by atoms with Gasteiger partial charge in [0.25, 0.3) is 0 Å².